The van der Waals surface area contributed by atoms with E-state index in [0.29, 0.717) is 0 Å². The van der Waals surface area contributed by atoms with E-state index in [-0.39, 0.29) is 11.2 Å². The van der Waals surface area contributed by atoms with Gasteiger partial charge in [0.05, 0.1) is 11.2 Å². The zero-order chi connectivity index (χ0) is 10.2. The van der Waals surface area contributed by atoms with Crippen molar-refractivity contribution in [3.63, 3.8) is 0 Å². The highest BCUT2D eigenvalue weighted by atomic mass is 16.5. The molecule has 2 unspecified atom stereocenters. The van der Waals surface area contributed by atoms with Gasteiger partial charge in [0.1, 0.15) is 0 Å². The van der Waals surface area contributed by atoms with Crippen molar-refractivity contribution >= 4 is 0 Å². The van der Waals surface area contributed by atoms with Gasteiger partial charge in [0.15, 0.2) is 0 Å². The first kappa shape index (κ1) is 10.4. The van der Waals surface area contributed by atoms with E-state index in [1.165, 1.54) is 25.7 Å². The van der Waals surface area contributed by atoms with Crippen molar-refractivity contribution in [2.45, 2.75) is 57.7 Å². The van der Waals surface area contributed by atoms with Crippen molar-refractivity contribution in [2.75, 3.05) is 13.1 Å². The normalized spacial score (nSPS) is 42.6. The first-order valence-corrected chi connectivity index (χ1v) is 5.92. The maximum Gasteiger partial charge on any atom is 0.0816 e. The van der Waals surface area contributed by atoms with E-state index in [1.54, 1.807) is 0 Å². The molecule has 1 N–H and O–H groups in total. The van der Waals surface area contributed by atoms with E-state index < -0.39 is 0 Å². The molecular weight excluding hydrogens is 174 g/mol. The van der Waals surface area contributed by atoms with Crippen molar-refractivity contribution in [3.05, 3.63) is 0 Å². The molecule has 0 amide bonds. The Morgan fingerprint density at radius 1 is 1.29 bits per heavy atom. The average molecular weight is 197 g/mol. The summed E-state index contributed by atoms with van der Waals surface area (Å²) in [6.07, 6.45) is 5.20. The molecule has 2 nitrogen and oxygen atoms in total. The van der Waals surface area contributed by atoms with E-state index in [4.69, 9.17) is 4.74 Å². The molecule has 2 heteroatoms. The number of hydrogen-bond acceptors (Lipinski definition) is 2. The van der Waals surface area contributed by atoms with E-state index in [0.717, 1.165) is 19.0 Å². The summed E-state index contributed by atoms with van der Waals surface area (Å²) in [6, 6.07) is 0. The van der Waals surface area contributed by atoms with Crippen LogP contribution in [0.3, 0.4) is 0 Å². The summed E-state index contributed by atoms with van der Waals surface area (Å²) in [5, 5.41) is 3.53. The maximum absolute atomic E-state index is 6.31. The molecule has 1 aliphatic carbocycles. The Morgan fingerprint density at radius 3 is 2.71 bits per heavy atom. The molecule has 0 bridgehead atoms. The summed E-state index contributed by atoms with van der Waals surface area (Å²) >= 11 is 0. The summed E-state index contributed by atoms with van der Waals surface area (Å²) in [5.41, 5.74) is 0.175. The van der Waals surface area contributed by atoms with Crippen LogP contribution in [0.4, 0.5) is 0 Å². The van der Waals surface area contributed by atoms with Gasteiger partial charge in [-0.25, -0.2) is 0 Å². The molecule has 0 aromatic carbocycles. The van der Waals surface area contributed by atoms with Crippen LogP contribution in [0.25, 0.3) is 0 Å². The molecule has 0 aromatic heterocycles. The van der Waals surface area contributed by atoms with E-state index in [9.17, 15) is 0 Å². The fourth-order valence-electron chi connectivity index (χ4n) is 3.11. The summed E-state index contributed by atoms with van der Waals surface area (Å²) in [4.78, 5) is 0. The first-order chi connectivity index (χ1) is 6.52. The molecule has 2 rings (SSSR count). The van der Waals surface area contributed by atoms with E-state index >= 15 is 0 Å². The average Bonchev–Trinajstić information content (AvgIpc) is 2.00. The van der Waals surface area contributed by atoms with Crippen LogP contribution in [-0.2, 0) is 4.74 Å². The largest absolute Gasteiger partial charge is 0.366 e. The highest BCUT2D eigenvalue weighted by Crippen LogP contribution is 2.39. The van der Waals surface area contributed by atoms with Crippen LogP contribution < -0.4 is 5.32 Å². The monoisotopic (exact) mass is 197 g/mol. The van der Waals surface area contributed by atoms with E-state index in [2.05, 4.69) is 26.1 Å². The van der Waals surface area contributed by atoms with Crippen LogP contribution in [0.1, 0.15) is 46.5 Å². The Balaban J connectivity index is 2.06. The fraction of sp³-hybridized carbons (Fsp3) is 1.00. The van der Waals surface area contributed by atoms with Crippen LogP contribution in [0.2, 0.25) is 0 Å². The fourth-order valence-corrected chi connectivity index (χ4v) is 3.11. The van der Waals surface area contributed by atoms with Gasteiger partial charge in [0.2, 0.25) is 0 Å². The standard InChI is InChI=1S/C12H23NO/c1-10-5-4-6-12(7-10)9-13-8-11(2,3)14-12/h10,13H,4-9H2,1-3H3. The molecule has 14 heavy (non-hydrogen) atoms. The van der Waals surface area contributed by atoms with Gasteiger partial charge in [-0.05, 0) is 32.6 Å². The lowest BCUT2D eigenvalue weighted by atomic mass is 9.77. The van der Waals surface area contributed by atoms with Crippen molar-refractivity contribution in [3.8, 4) is 0 Å². The molecule has 1 heterocycles. The number of hydrogen-bond donors (Lipinski definition) is 1. The van der Waals surface area contributed by atoms with Gasteiger partial charge in [-0.15, -0.1) is 0 Å². The predicted molar refractivity (Wildman–Crippen MR) is 58.4 cm³/mol. The minimum atomic E-state index is 0.0231. The third-order valence-corrected chi connectivity index (χ3v) is 3.54. The Morgan fingerprint density at radius 2 is 2.07 bits per heavy atom. The minimum absolute atomic E-state index is 0.0231. The third-order valence-electron chi connectivity index (χ3n) is 3.54. The molecule has 1 aliphatic heterocycles. The Kier molecular flexibility index (Phi) is 2.61. The van der Waals surface area contributed by atoms with Gasteiger partial charge in [-0.1, -0.05) is 19.8 Å². The lowest BCUT2D eigenvalue weighted by Crippen LogP contribution is -2.59. The molecule has 0 radical (unpaired) electrons. The molecule has 1 spiro atoms. The highest BCUT2D eigenvalue weighted by molar-refractivity contribution is 4.95. The smallest absolute Gasteiger partial charge is 0.0816 e. The van der Waals surface area contributed by atoms with Gasteiger partial charge in [-0.2, -0.15) is 0 Å². The van der Waals surface area contributed by atoms with Gasteiger partial charge < -0.3 is 10.1 Å². The molecule has 2 aliphatic rings. The molecule has 2 fully saturated rings. The quantitative estimate of drug-likeness (QED) is 0.643. The van der Waals surface area contributed by atoms with Crippen molar-refractivity contribution in [1.29, 1.82) is 0 Å². The second kappa shape index (κ2) is 3.49. The second-order valence-corrected chi connectivity index (χ2v) is 5.85. The molecular formula is C12H23NO. The Labute approximate surface area is 87.4 Å². The number of ether oxygens (including phenoxy) is 1. The summed E-state index contributed by atoms with van der Waals surface area (Å²) in [7, 11) is 0. The number of morpholine rings is 1. The van der Waals surface area contributed by atoms with Crippen LogP contribution >= 0.6 is 0 Å². The second-order valence-electron chi connectivity index (χ2n) is 5.85. The third kappa shape index (κ3) is 2.12. The number of nitrogens with one attached hydrogen (secondary N) is 1. The summed E-state index contributed by atoms with van der Waals surface area (Å²) in [5.74, 6) is 0.833. The Hall–Kier alpha value is -0.0800. The van der Waals surface area contributed by atoms with Gasteiger partial charge in [0, 0.05) is 13.1 Å². The van der Waals surface area contributed by atoms with Crippen molar-refractivity contribution in [1.82, 2.24) is 5.32 Å². The molecule has 0 aromatic rings. The van der Waals surface area contributed by atoms with Crippen LogP contribution in [0.15, 0.2) is 0 Å². The van der Waals surface area contributed by atoms with Gasteiger partial charge in [-0.3, -0.25) is 0 Å². The predicted octanol–water partition coefficient (Wildman–Crippen LogP) is 2.33. The highest BCUT2D eigenvalue weighted by Gasteiger charge is 2.42. The van der Waals surface area contributed by atoms with Gasteiger partial charge >= 0.3 is 0 Å². The summed E-state index contributed by atoms with van der Waals surface area (Å²) in [6.45, 7) is 8.79. The molecule has 2 atom stereocenters. The topological polar surface area (TPSA) is 21.3 Å². The van der Waals surface area contributed by atoms with E-state index in [1.807, 2.05) is 0 Å². The molecule has 82 valence electrons. The zero-order valence-electron chi connectivity index (χ0n) is 9.73. The van der Waals surface area contributed by atoms with Crippen LogP contribution in [-0.4, -0.2) is 24.3 Å². The lowest BCUT2D eigenvalue weighted by molar-refractivity contribution is -0.181. The van der Waals surface area contributed by atoms with Crippen molar-refractivity contribution in [2.24, 2.45) is 5.92 Å². The Bertz CT molecular complexity index is 210. The van der Waals surface area contributed by atoms with Crippen molar-refractivity contribution < 1.29 is 4.74 Å². The zero-order valence-corrected chi connectivity index (χ0v) is 9.73. The first-order valence-electron chi connectivity index (χ1n) is 5.92. The van der Waals surface area contributed by atoms with Crippen LogP contribution in [0, 0.1) is 5.92 Å². The molecule has 1 saturated heterocycles. The maximum atomic E-state index is 6.31. The lowest BCUT2D eigenvalue weighted by Gasteiger charge is -2.49. The molecule has 1 saturated carbocycles. The SMILES string of the molecule is CC1CCCC2(CNCC(C)(C)O2)C1. The summed E-state index contributed by atoms with van der Waals surface area (Å²) < 4.78 is 6.31. The number of rotatable bonds is 0. The minimum Gasteiger partial charge on any atom is -0.366 e. The van der Waals surface area contributed by atoms with Crippen LogP contribution in [0.5, 0.6) is 0 Å². The van der Waals surface area contributed by atoms with Gasteiger partial charge in [0.25, 0.3) is 0 Å².